The van der Waals surface area contributed by atoms with Crippen molar-refractivity contribution in [3.8, 4) is 0 Å². The Hall–Kier alpha value is -1.09. The summed E-state index contributed by atoms with van der Waals surface area (Å²) in [5.41, 5.74) is 1.77. The van der Waals surface area contributed by atoms with Crippen LogP contribution in [0.1, 0.15) is 19.8 Å². The first-order chi connectivity index (χ1) is 8.46. The molecule has 1 aromatic carbocycles. The van der Waals surface area contributed by atoms with Crippen LogP contribution in [-0.4, -0.2) is 19.9 Å². The Kier molecular flexibility index (Phi) is 3.27. The fourth-order valence-corrected chi connectivity index (χ4v) is 3.65. The number of hydrogen-bond acceptors (Lipinski definition) is 2. The number of oxime groups is 1. The first kappa shape index (κ1) is 11.0. The molecule has 1 aliphatic rings. The van der Waals surface area contributed by atoms with Gasteiger partial charge in [0, 0.05) is 9.44 Å². The van der Waals surface area contributed by atoms with Crippen molar-refractivity contribution in [3.05, 3.63) is 35.9 Å². The molecule has 0 aromatic heterocycles. The number of nitrogens with zero attached hydrogens (tertiary/aromatic N) is 1. The van der Waals surface area contributed by atoms with Crippen LogP contribution < -0.4 is 0 Å². The van der Waals surface area contributed by atoms with Crippen LogP contribution in [-0.2, 0) is 4.84 Å². The van der Waals surface area contributed by atoms with E-state index in [-0.39, 0.29) is 12.5 Å². The Morgan fingerprint density at radius 1 is 1.35 bits per heavy atom. The summed E-state index contributed by atoms with van der Waals surface area (Å²) < 4.78 is 8.21. The highest BCUT2D eigenvalue weighted by molar-refractivity contribution is 6.76. The average Bonchev–Trinajstić information content (AvgIpc) is 2.28. The third kappa shape index (κ3) is 3.70. The summed E-state index contributed by atoms with van der Waals surface area (Å²) in [6.07, 6.45) is 0.631. The SMILES string of the molecule is [2H][C@@H]1C[C@H](C[Si](C)(C)C)ON=C1c1ccccc1. The molecule has 2 nitrogen and oxygen atoms in total. The summed E-state index contributed by atoms with van der Waals surface area (Å²) in [6.45, 7) is 6.98. The fraction of sp³-hybridized carbons (Fsp3) is 0.500. The van der Waals surface area contributed by atoms with Crippen LogP contribution in [0.2, 0.25) is 25.7 Å². The van der Waals surface area contributed by atoms with Crippen LogP contribution in [0.15, 0.2) is 35.5 Å². The van der Waals surface area contributed by atoms with E-state index in [9.17, 15) is 0 Å². The molecule has 2 rings (SSSR count). The lowest BCUT2D eigenvalue weighted by molar-refractivity contribution is 0.0564. The average molecular weight is 248 g/mol. The van der Waals surface area contributed by atoms with E-state index in [0.29, 0.717) is 0 Å². The highest BCUT2D eigenvalue weighted by Crippen LogP contribution is 2.23. The number of hydrogen-bond donors (Lipinski definition) is 0. The normalized spacial score (nSPS) is 25.8. The van der Waals surface area contributed by atoms with Crippen molar-refractivity contribution in [2.45, 2.75) is 44.6 Å². The van der Waals surface area contributed by atoms with Gasteiger partial charge >= 0.3 is 0 Å². The zero-order chi connectivity index (χ0) is 13.2. The second-order valence-corrected chi connectivity index (χ2v) is 11.3. The number of benzene rings is 1. The molecule has 1 heterocycles. The van der Waals surface area contributed by atoms with Crippen molar-refractivity contribution in [3.63, 3.8) is 0 Å². The first-order valence-corrected chi connectivity index (χ1v) is 9.88. The molecule has 1 aliphatic heterocycles. The zero-order valence-electron chi connectivity index (χ0n) is 11.8. The molecule has 92 valence electrons. The van der Waals surface area contributed by atoms with Gasteiger partial charge in [-0.3, -0.25) is 0 Å². The highest BCUT2D eigenvalue weighted by Gasteiger charge is 2.25. The van der Waals surface area contributed by atoms with Gasteiger partial charge in [0.05, 0.1) is 5.71 Å². The summed E-state index contributed by atoms with van der Waals surface area (Å²) in [5.74, 6) is 0. The van der Waals surface area contributed by atoms with Crippen LogP contribution in [0.4, 0.5) is 0 Å². The van der Waals surface area contributed by atoms with E-state index < -0.39 is 8.07 Å². The summed E-state index contributed by atoms with van der Waals surface area (Å²) in [7, 11) is -1.15. The molecule has 0 aliphatic carbocycles. The van der Waals surface area contributed by atoms with Gasteiger partial charge in [0.2, 0.25) is 0 Å². The molecular weight excluding hydrogens is 226 g/mol. The third-order valence-electron chi connectivity index (χ3n) is 2.78. The molecule has 0 amide bonds. The van der Waals surface area contributed by atoms with Crippen molar-refractivity contribution in [1.82, 2.24) is 0 Å². The predicted octanol–water partition coefficient (Wildman–Crippen LogP) is 3.91. The molecule has 0 unspecified atom stereocenters. The van der Waals surface area contributed by atoms with Crippen molar-refractivity contribution in [2.75, 3.05) is 0 Å². The predicted molar refractivity (Wildman–Crippen MR) is 75.2 cm³/mol. The Balaban J connectivity index is 2.09. The lowest BCUT2D eigenvalue weighted by Crippen LogP contribution is -2.30. The largest absolute Gasteiger partial charge is 0.393 e. The number of rotatable bonds is 3. The molecule has 2 atom stereocenters. The van der Waals surface area contributed by atoms with Crippen LogP contribution >= 0.6 is 0 Å². The Morgan fingerprint density at radius 2 is 2.06 bits per heavy atom. The van der Waals surface area contributed by atoms with E-state index in [2.05, 4.69) is 24.8 Å². The van der Waals surface area contributed by atoms with Crippen LogP contribution in [0.3, 0.4) is 0 Å². The van der Waals surface area contributed by atoms with E-state index in [1.54, 1.807) is 0 Å². The molecule has 0 saturated heterocycles. The van der Waals surface area contributed by atoms with Gasteiger partial charge in [0.15, 0.2) is 0 Å². The van der Waals surface area contributed by atoms with Crippen molar-refractivity contribution >= 4 is 13.8 Å². The zero-order valence-corrected chi connectivity index (χ0v) is 11.8. The Labute approximate surface area is 106 Å². The maximum atomic E-state index is 8.21. The van der Waals surface area contributed by atoms with Crippen molar-refractivity contribution in [2.24, 2.45) is 5.16 Å². The van der Waals surface area contributed by atoms with Gasteiger partial charge in [-0.05, 0) is 24.4 Å². The summed E-state index contributed by atoms with van der Waals surface area (Å²) >= 11 is 0. The second kappa shape index (κ2) is 5.04. The third-order valence-corrected chi connectivity index (χ3v) is 4.46. The minimum Gasteiger partial charge on any atom is -0.393 e. The van der Waals surface area contributed by atoms with Crippen LogP contribution in [0.5, 0.6) is 0 Å². The first-order valence-electron chi connectivity index (χ1n) is 6.75. The van der Waals surface area contributed by atoms with Gasteiger partial charge < -0.3 is 4.84 Å². The fourth-order valence-electron chi connectivity index (χ4n) is 2.04. The van der Waals surface area contributed by atoms with Gasteiger partial charge in [-0.1, -0.05) is 55.1 Å². The summed E-state index contributed by atoms with van der Waals surface area (Å²) in [5, 5.41) is 4.20. The second-order valence-electron chi connectivity index (χ2n) is 5.77. The highest BCUT2D eigenvalue weighted by atomic mass is 28.3. The van der Waals surface area contributed by atoms with Crippen LogP contribution in [0, 0.1) is 0 Å². The van der Waals surface area contributed by atoms with E-state index in [0.717, 1.165) is 23.7 Å². The molecular formula is C14H21NOSi. The Bertz CT molecular complexity index is 427. The van der Waals surface area contributed by atoms with Gasteiger partial charge in [0.1, 0.15) is 6.10 Å². The Morgan fingerprint density at radius 3 is 2.65 bits per heavy atom. The lowest BCUT2D eigenvalue weighted by atomic mass is 10.0. The molecule has 0 N–H and O–H groups in total. The quantitative estimate of drug-likeness (QED) is 0.743. The van der Waals surface area contributed by atoms with Gasteiger partial charge in [-0.15, -0.1) is 0 Å². The van der Waals surface area contributed by atoms with Crippen molar-refractivity contribution < 1.29 is 6.21 Å². The summed E-state index contributed by atoms with van der Waals surface area (Å²) in [4.78, 5) is 5.59. The maximum Gasteiger partial charge on any atom is 0.125 e. The minimum atomic E-state index is -1.15. The summed E-state index contributed by atoms with van der Waals surface area (Å²) in [6, 6.07) is 11.0. The van der Waals surface area contributed by atoms with E-state index >= 15 is 0 Å². The molecule has 3 heteroatoms. The molecule has 0 spiro atoms. The maximum absolute atomic E-state index is 8.21. The topological polar surface area (TPSA) is 21.6 Å². The van der Waals surface area contributed by atoms with Gasteiger partial charge in [-0.25, -0.2) is 0 Å². The van der Waals surface area contributed by atoms with E-state index in [4.69, 9.17) is 6.21 Å². The van der Waals surface area contributed by atoms with Gasteiger partial charge in [-0.2, -0.15) is 0 Å². The van der Waals surface area contributed by atoms with E-state index in [1.807, 2.05) is 30.3 Å². The van der Waals surface area contributed by atoms with Gasteiger partial charge in [0.25, 0.3) is 0 Å². The standard InChI is InChI=1S/C14H21NOSi/c1-17(2,3)11-13-9-10-14(15-16-13)12-7-5-4-6-8-12/h4-8,13H,9-11H2,1-3H3/t13-/m1/s1/i10D/t10-,13-. The molecule has 0 radical (unpaired) electrons. The monoisotopic (exact) mass is 248 g/mol. The lowest BCUT2D eigenvalue weighted by Gasteiger charge is -2.26. The van der Waals surface area contributed by atoms with Crippen molar-refractivity contribution in [1.29, 1.82) is 0 Å². The van der Waals surface area contributed by atoms with Crippen LogP contribution in [0.25, 0.3) is 0 Å². The molecule has 0 bridgehead atoms. The minimum absolute atomic E-state index is 0.131. The molecule has 17 heavy (non-hydrogen) atoms. The van der Waals surface area contributed by atoms with E-state index in [1.165, 1.54) is 0 Å². The molecule has 1 aromatic rings. The molecule has 0 fully saturated rings. The smallest absolute Gasteiger partial charge is 0.125 e. The molecule has 0 saturated carbocycles.